The van der Waals surface area contributed by atoms with Crippen LogP contribution in [-0.4, -0.2) is 76.6 Å². The highest BCUT2D eigenvalue weighted by Crippen LogP contribution is 2.20. The second-order valence-corrected chi connectivity index (χ2v) is 7.43. The number of benzene rings is 1. The third kappa shape index (κ3) is 10.2. The molecule has 30 heavy (non-hydrogen) atoms. The summed E-state index contributed by atoms with van der Waals surface area (Å²) in [5.41, 5.74) is 0. The van der Waals surface area contributed by atoms with Crippen LogP contribution in [0.3, 0.4) is 0 Å². The smallest absolute Gasteiger partial charge is 0.191 e. The number of likely N-dealkylation sites (tertiary alicyclic amines) is 1. The maximum absolute atomic E-state index is 5.98. The van der Waals surface area contributed by atoms with Crippen molar-refractivity contribution in [1.82, 2.24) is 15.5 Å². The Bertz CT molecular complexity index is 610. The second kappa shape index (κ2) is 15.5. The molecule has 1 atom stereocenters. The molecule has 0 aliphatic carbocycles. The van der Waals surface area contributed by atoms with Gasteiger partial charge >= 0.3 is 0 Å². The largest absolute Gasteiger partial charge is 0.497 e. The van der Waals surface area contributed by atoms with Gasteiger partial charge in [0.05, 0.1) is 13.7 Å². The molecule has 1 aliphatic rings. The van der Waals surface area contributed by atoms with E-state index < -0.39 is 0 Å². The number of rotatable bonds is 11. The van der Waals surface area contributed by atoms with Crippen LogP contribution in [0.1, 0.15) is 33.1 Å². The fourth-order valence-electron chi connectivity index (χ4n) is 3.41. The Kier molecular flexibility index (Phi) is 13.9. The Morgan fingerprint density at radius 2 is 1.97 bits per heavy atom. The molecule has 1 saturated heterocycles. The van der Waals surface area contributed by atoms with Crippen molar-refractivity contribution >= 4 is 29.9 Å². The molecule has 0 saturated carbocycles. The van der Waals surface area contributed by atoms with Crippen molar-refractivity contribution in [2.45, 2.75) is 45.3 Å². The summed E-state index contributed by atoms with van der Waals surface area (Å²) in [5, 5.41) is 6.95. The maximum Gasteiger partial charge on any atom is 0.191 e. The highest BCUT2D eigenvalue weighted by molar-refractivity contribution is 14.0. The number of guanidine groups is 1. The summed E-state index contributed by atoms with van der Waals surface area (Å²) >= 11 is 0. The van der Waals surface area contributed by atoms with E-state index in [9.17, 15) is 0 Å². The molecule has 0 bridgehead atoms. The van der Waals surface area contributed by atoms with Gasteiger partial charge in [0.1, 0.15) is 17.6 Å². The lowest BCUT2D eigenvalue weighted by atomic mass is 10.1. The third-order valence-electron chi connectivity index (χ3n) is 4.98. The third-order valence-corrected chi connectivity index (χ3v) is 4.98. The Morgan fingerprint density at radius 1 is 1.23 bits per heavy atom. The highest BCUT2D eigenvalue weighted by atomic mass is 127. The molecule has 1 heterocycles. The Morgan fingerprint density at radius 3 is 2.63 bits per heavy atom. The average Bonchev–Trinajstić information content (AvgIpc) is 2.74. The fourth-order valence-corrected chi connectivity index (χ4v) is 3.41. The zero-order valence-corrected chi connectivity index (χ0v) is 21.2. The summed E-state index contributed by atoms with van der Waals surface area (Å²) in [6.45, 7) is 9.75. The quantitative estimate of drug-likeness (QED) is 0.197. The first-order chi connectivity index (χ1) is 14.1. The summed E-state index contributed by atoms with van der Waals surface area (Å²) in [6, 6.07) is 8.13. The minimum Gasteiger partial charge on any atom is -0.497 e. The number of hydrogen-bond donors (Lipinski definition) is 2. The molecule has 0 radical (unpaired) electrons. The summed E-state index contributed by atoms with van der Waals surface area (Å²) in [7, 11) is 3.42. The van der Waals surface area contributed by atoms with Gasteiger partial charge < -0.3 is 29.7 Å². The topological polar surface area (TPSA) is 67.4 Å². The molecule has 8 heteroatoms. The number of hydrogen-bond acceptors (Lipinski definition) is 5. The predicted octanol–water partition coefficient (Wildman–Crippen LogP) is 3.14. The Labute approximate surface area is 199 Å². The minimum atomic E-state index is -0.0276. The van der Waals surface area contributed by atoms with E-state index in [0.29, 0.717) is 12.6 Å². The molecular weight excluding hydrogens is 495 g/mol. The van der Waals surface area contributed by atoms with E-state index in [4.69, 9.17) is 19.2 Å². The number of methoxy groups -OCH3 is 2. The van der Waals surface area contributed by atoms with Gasteiger partial charge in [0.2, 0.25) is 0 Å². The summed E-state index contributed by atoms with van der Waals surface area (Å²) in [4.78, 5) is 7.25. The lowest BCUT2D eigenvalue weighted by Gasteiger charge is -2.33. The first-order valence-electron chi connectivity index (χ1n) is 10.7. The average molecular weight is 534 g/mol. The lowest BCUT2D eigenvalue weighted by Crippen LogP contribution is -2.49. The first kappa shape index (κ1) is 26.8. The van der Waals surface area contributed by atoms with E-state index in [1.807, 2.05) is 31.2 Å². The van der Waals surface area contributed by atoms with Gasteiger partial charge in [-0.3, -0.25) is 0 Å². The van der Waals surface area contributed by atoms with E-state index in [0.717, 1.165) is 69.5 Å². The number of nitrogens with one attached hydrogen (secondary N) is 2. The Hall–Kier alpha value is -1.26. The summed E-state index contributed by atoms with van der Waals surface area (Å²) < 4.78 is 16.4. The van der Waals surface area contributed by atoms with Gasteiger partial charge in [-0.25, -0.2) is 4.99 Å². The number of aliphatic imine (C=N–C) groups is 1. The molecular formula is C22H39IN4O3. The molecule has 1 unspecified atom stereocenters. The summed E-state index contributed by atoms with van der Waals surface area (Å²) in [6.07, 6.45) is 3.34. The van der Waals surface area contributed by atoms with Crippen LogP contribution in [0.15, 0.2) is 29.3 Å². The standard InChI is InChI=1S/C22H38N4O3.HI/c1-5-23-22(25-19-10-13-26(14-11-19)12-7-15-27-3)24-17-18(2)29-21-9-6-8-20(16-21)28-4;/h6,8-9,16,18-19H,5,7,10-15,17H2,1-4H3,(H2,23,24,25);1H. The van der Waals surface area contributed by atoms with Crippen LogP contribution in [0.4, 0.5) is 0 Å². The van der Waals surface area contributed by atoms with Gasteiger partial charge in [-0.05, 0) is 45.2 Å². The van der Waals surface area contributed by atoms with Crippen LogP contribution < -0.4 is 20.1 Å². The monoisotopic (exact) mass is 534 g/mol. The van der Waals surface area contributed by atoms with Crippen molar-refractivity contribution < 1.29 is 14.2 Å². The van der Waals surface area contributed by atoms with Crippen LogP contribution in [0.5, 0.6) is 11.5 Å². The van der Waals surface area contributed by atoms with Crippen molar-refractivity contribution in [3.8, 4) is 11.5 Å². The molecule has 1 aromatic rings. The van der Waals surface area contributed by atoms with E-state index in [1.165, 1.54) is 0 Å². The number of halogens is 1. The lowest BCUT2D eigenvalue weighted by molar-refractivity contribution is 0.155. The summed E-state index contributed by atoms with van der Waals surface area (Å²) in [5.74, 6) is 2.46. The van der Waals surface area contributed by atoms with Crippen LogP contribution in [-0.2, 0) is 4.74 Å². The number of nitrogens with zero attached hydrogens (tertiary/aromatic N) is 2. The maximum atomic E-state index is 5.98. The molecule has 1 aromatic carbocycles. The Balaban J connectivity index is 0.00000450. The predicted molar refractivity (Wildman–Crippen MR) is 134 cm³/mol. The normalized spacial score (nSPS) is 16.5. The molecule has 2 N–H and O–H groups in total. The van der Waals surface area contributed by atoms with Crippen LogP contribution in [0, 0.1) is 0 Å². The minimum absolute atomic E-state index is 0. The van der Waals surface area contributed by atoms with Crippen molar-refractivity contribution in [3.05, 3.63) is 24.3 Å². The van der Waals surface area contributed by atoms with Gasteiger partial charge in [0.15, 0.2) is 5.96 Å². The van der Waals surface area contributed by atoms with Crippen molar-refractivity contribution in [2.75, 3.05) is 53.6 Å². The molecule has 0 amide bonds. The fraction of sp³-hybridized carbons (Fsp3) is 0.682. The van der Waals surface area contributed by atoms with E-state index in [-0.39, 0.29) is 30.1 Å². The molecule has 0 aromatic heterocycles. The first-order valence-corrected chi connectivity index (χ1v) is 10.7. The van der Waals surface area contributed by atoms with Gasteiger partial charge in [0.25, 0.3) is 0 Å². The zero-order valence-electron chi connectivity index (χ0n) is 18.9. The number of piperidine rings is 1. The molecule has 2 rings (SSSR count). The molecule has 1 aliphatic heterocycles. The van der Waals surface area contributed by atoms with Crippen LogP contribution >= 0.6 is 24.0 Å². The number of ether oxygens (including phenoxy) is 3. The van der Waals surface area contributed by atoms with Crippen molar-refractivity contribution in [2.24, 2.45) is 4.99 Å². The zero-order chi connectivity index (χ0) is 20.9. The highest BCUT2D eigenvalue weighted by Gasteiger charge is 2.19. The van der Waals surface area contributed by atoms with Crippen molar-refractivity contribution in [1.29, 1.82) is 0 Å². The van der Waals surface area contributed by atoms with Crippen LogP contribution in [0.2, 0.25) is 0 Å². The molecule has 1 fully saturated rings. The van der Waals surface area contributed by atoms with Gasteiger partial charge in [-0.1, -0.05) is 6.07 Å². The van der Waals surface area contributed by atoms with E-state index in [2.05, 4.69) is 22.5 Å². The van der Waals surface area contributed by atoms with Gasteiger partial charge in [-0.15, -0.1) is 24.0 Å². The molecule has 0 spiro atoms. The van der Waals surface area contributed by atoms with E-state index in [1.54, 1.807) is 14.2 Å². The molecule has 172 valence electrons. The van der Waals surface area contributed by atoms with Gasteiger partial charge in [-0.2, -0.15) is 0 Å². The second-order valence-electron chi connectivity index (χ2n) is 7.43. The van der Waals surface area contributed by atoms with E-state index >= 15 is 0 Å². The van der Waals surface area contributed by atoms with Crippen molar-refractivity contribution in [3.63, 3.8) is 0 Å². The SMILES string of the molecule is CCNC(=NCC(C)Oc1cccc(OC)c1)NC1CCN(CCCOC)CC1.I. The van der Waals surface area contributed by atoms with Crippen LogP contribution in [0.25, 0.3) is 0 Å². The molecule has 7 nitrogen and oxygen atoms in total. The van der Waals surface area contributed by atoms with Gasteiger partial charge in [0, 0.05) is 52.0 Å².